The molecule has 1 N–H and O–H groups in total. The number of carboxylic acid groups (broad SMARTS) is 1. The molecule has 0 atom stereocenters. The van der Waals surface area contributed by atoms with Crippen LogP contribution in [-0.4, -0.2) is 43.2 Å². The topological polar surface area (TPSA) is 133 Å². The number of aromatic carboxylic acids is 1. The quantitative estimate of drug-likeness (QED) is 0.315. The SMILES string of the molecule is CCOC(=O)c1cn(C2CC2)nc(-c2ccc(F)cc2)c1=O.O=C(O)c1cn(C2CC2)nc(-c2ccc(F)cc2)c1=O. The highest BCUT2D eigenvalue weighted by Crippen LogP contribution is 2.35. The Morgan fingerprint density at radius 3 is 1.57 bits per heavy atom. The van der Waals surface area contributed by atoms with Crippen LogP contribution in [0.5, 0.6) is 0 Å². The third kappa shape index (κ3) is 6.32. The molecule has 10 nitrogen and oxygen atoms in total. The summed E-state index contributed by atoms with van der Waals surface area (Å²) in [4.78, 5) is 47.8. The first kappa shape index (κ1) is 28.5. The van der Waals surface area contributed by atoms with Gasteiger partial charge in [0.25, 0.3) is 0 Å². The molecule has 0 amide bonds. The molecule has 0 unspecified atom stereocenters. The molecule has 2 saturated carbocycles. The fourth-order valence-corrected chi connectivity index (χ4v) is 4.17. The molecule has 6 rings (SSSR count). The average Bonchev–Trinajstić information content (AvgIpc) is 3.88. The monoisotopic (exact) mass is 576 g/mol. The van der Waals surface area contributed by atoms with Gasteiger partial charge in [0.15, 0.2) is 0 Å². The van der Waals surface area contributed by atoms with Crippen LogP contribution < -0.4 is 10.9 Å². The summed E-state index contributed by atoms with van der Waals surface area (Å²) >= 11 is 0. The number of carbonyl (C=O) groups excluding carboxylic acids is 1. The van der Waals surface area contributed by atoms with Crippen molar-refractivity contribution in [3.63, 3.8) is 0 Å². The predicted octanol–water partition coefficient (Wildman–Crippen LogP) is 4.64. The van der Waals surface area contributed by atoms with Crippen LogP contribution in [0.4, 0.5) is 8.78 Å². The normalized spacial score (nSPS) is 14.1. The van der Waals surface area contributed by atoms with E-state index in [2.05, 4.69) is 10.2 Å². The van der Waals surface area contributed by atoms with E-state index in [1.165, 1.54) is 65.6 Å². The van der Waals surface area contributed by atoms with Crippen LogP contribution in [0.25, 0.3) is 22.5 Å². The van der Waals surface area contributed by atoms with Crippen LogP contribution in [0.2, 0.25) is 0 Å². The van der Waals surface area contributed by atoms with E-state index >= 15 is 0 Å². The number of hydrogen-bond acceptors (Lipinski definition) is 7. The number of esters is 1. The van der Waals surface area contributed by atoms with Gasteiger partial charge in [-0.25, -0.2) is 18.4 Å². The fourth-order valence-electron chi connectivity index (χ4n) is 4.17. The summed E-state index contributed by atoms with van der Waals surface area (Å²) in [6, 6.07) is 11.1. The Kier molecular flexibility index (Phi) is 8.05. The number of benzene rings is 2. The molecule has 0 saturated heterocycles. The minimum Gasteiger partial charge on any atom is -0.477 e. The van der Waals surface area contributed by atoms with Crippen molar-refractivity contribution in [1.29, 1.82) is 0 Å². The summed E-state index contributed by atoms with van der Waals surface area (Å²) in [5, 5.41) is 17.6. The number of carboxylic acids is 1. The Labute approximate surface area is 237 Å². The predicted molar refractivity (Wildman–Crippen MR) is 147 cm³/mol. The zero-order valence-electron chi connectivity index (χ0n) is 22.5. The molecule has 0 radical (unpaired) electrons. The van der Waals surface area contributed by atoms with E-state index in [0.717, 1.165) is 25.7 Å². The molecule has 0 bridgehead atoms. The Morgan fingerprint density at radius 1 is 0.786 bits per heavy atom. The van der Waals surface area contributed by atoms with Gasteiger partial charge in [0.05, 0.1) is 18.7 Å². The molecular formula is C30H26F2N4O6. The molecule has 2 aliphatic carbocycles. The lowest BCUT2D eigenvalue weighted by atomic mass is 10.1. The van der Waals surface area contributed by atoms with Crippen molar-refractivity contribution in [2.75, 3.05) is 6.61 Å². The Hall–Kier alpha value is -5.00. The molecular weight excluding hydrogens is 550 g/mol. The minimum atomic E-state index is -1.28. The zero-order chi connectivity index (χ0) is 30.0. The summed E-state index contributed by atoms with van der Waals surface area (Å²) in [6.07, 6.45) is 6.47. The first-order valence-corrected chi connectivity index (χ1v) is 13.4. The van der Waals surface area contributed by atoms with Gasteiger partial charge in [0, 0.05) is 23.5 Å². The Morgan fingerprint density at radius 2 is 1.19 bits per heavy atom. The van der Waals surface area contributed by atoms with Gasteiger partial charge in [0.2, 0.25) is 10.9 Å². The summed E-state index contributed by atoms with van der Waals surface area (Å²) in [5.74, 6) is -2.76. The summed E-state index contributed by atoms with van der Waals surface area (Å²) in [5.41, 5.74) is -0.438. The molecule has 2 fully saturated rings. The van der Waals surface area contributed by atoms with Crippen LogP contribution >= 0.6 is 0 Å². The average molecular weight is 577 g/mol. The van der Waals surface area contributed by atoms with Gasteiger partial charge in [0.1, 0.15) is 34.1 Å². The van der Waals surface area contributed by atoms with E-state index in [-0.39, 0.29) is 41.2 Å². The van der Waals surface area contributed by atoms with Crippen molar-refractivity contribution >= 4 is 11.9 Å². The number of carbonyl (C=O) groups is 2. The molecule has 0 aliphatic heterocycles. The van der Waals surface area contributed by atoms with Gasteiger partial charge in [-0.3, -0.25) is 19.0 Å². The van der Waals surface area contributed by atoms with Crippen molar-refractivity contribution in [2.45, 2.75) is 44.7 Å². The van der Waals surface area contributed by atoms with Gasteiger partial charge in [-0.05, 0) is 81.1 Å². The molecule has 4 aromatic rings. The van der Waals surface area contributed by atoms with Gasteiger partial charge in [-0.2, -0.15) is 10.2 Å². The smallest absolute Gasteiger partial charge is 0.343 e. The van der Waals surface area contributed by atoms with Gasteiger partial charge in [-0.1, -0.05) is 0 Å². The van der Waals surface area contributed by atoms with Crippen molar-refractivity contribution in [1.82, 2.24) is 19.6 Å². The molecule has 0 spiro atoms. The number of ether oxygens (including phenoxy) is 1. The standard InChI is InChI=1S/C16H15FN2O3.C14H11FN2O3/c1-2-22-16(21)13-9-19(12-7-8-12)18-14(15(13)20)10-3-5-11(17)6-4-10;15-9-3-1-8(2-4-9)12-13(18)11(14(19)20)7-17(16-12)10-5-6-10/h3-6,9,12H,2,7-8H2,1H3;1-4,7,10H,5-6H2,(H,19,20). The fraction of sp³-hybridized carbons (Fsp3) is 0.267. The molecule has 12 heteroatoms. The van der Waals surface area contributed by atoms with Crippen LogP contribution in [0, 0.1) is 11.6 Å². The second-order valence-corrected chi connectivity index (χ2v) is 9.90. The van der Waals surface area contributed by atoms with Crippen LogP contribution in [0.3, 0.4) is 0 Å². The first-order chi connectivity index (χ1) is 20.2. The highest BCUT2D eigenvalue weighted by Gasteiger charge is 2.28. The maximum Gasteiger partial charge on any atom is 0.343 e. The number of nitrogens with zero attached hydrogens (tertiary/aromatic N) is 4. The van der Waals surface area contributed by atoms with Crippen LogP contribution in [0.1, 0.15) is 65.4 Å². The minimum absolute atomic E-state index is 0.0387. The maximum absolute atomic E-state index is 13.1. The summed E-state index contributed by atoms with van der Waals surface area (Å²) < 4.78 is 34.1. The largest absolute Gasteiger partial charge is 0.477 e. The van der Waals surface area contributed by atoms with Gasteiger partial charge >= 0.3 is 11.9 Å². The molecule has 2 aliphatic rings. The highest BCUT2D eigenvalue weighted by atomic mass is 19.1. The molecule has 216 valence electrons. The zero-order valence-corrected chi connectivity index (χ0v) is 22.5. The second kappa shape index (κ2) is 11.9. The van der Waals surface area contributed by atoms with E-state index in [1.54, 1.807) is 11.6 Å². The molecule has 2 aromatic carbocycles. The van der Waals surface area contributed by atoms with E-state index < -0.39 is 34.4 Å². The number of aromatic nitrogens is 4. The van der Waals surface area contributed by atoms with E-state index in [1.807, 2.05) is 0 Å². The maximum atomic E-state index is 13.1. The van der Waals surface area contributed by atoms with Gasteiger partial charge < -0.3 is 9.84 Å². The third-order valence-corrected chi connectivity index (χ3v) is 6.68. The Bertz CT molecular complexity index is 1760. The van der Waals surface area contributed by atoms with Crippen molar-refractivity contribution < 1.29 is 28.2 Å². The van der Waals surface area contributed by atoms with Crippen molar-refractivity contribution in [3.8, 4) is 22.5 Å². The van der Waals surface area contributed by atoms with Crippen molar-refractivity contribution in [2.24, 2.45) is 0 Å². The number of hydrogen-bond donors (Lipinski definition) is 1. The summed E-state index contributed by atoms with van der Waals surface area (Å²) in [6.45, 7) is 1.87. The first-order valence-electron chi connectivity index (χ1n) is 13.4. The third-order valence-electron chi connectivity index (χ3n) is 6.68. The van der Waals surface area contributed by atoms with Crippen LogP contribution in [0.15, 0.2) is 70.5 Å². The molecule has 42 heavy (non-hydrogen) atoms. The highest BCUT2D eigenvalue weighted by molar-refractivity contribution is 5.90. The molecule has 2 aromatic heterocycles. The number of rotatable bonds is 7. The Balaban J connectivity index is 0.000000169. The van der Waals surface area contributed by atoms with Gasteiger partial charge in [-0.15, -0.1) is 0 Å². The lowest BCUT2D eigenvalue weighted by molar-refractivity contribution is 0.0522. The molecule has 2 heterocycles. The summed E-state index contributed by atoms with van der Waals surface area (Å²) in [7, 11) is 0. The van der Waals surface area contributed by atoms with E-state index in [9.17, 15) is 28.0 Å². The second-order valence-electron chi connectivity index (χ2n) is 9.90. The van der Waals surface area contributed by atoms with E-state index in [0.29, 0.717) is 11.1 Å². The van der Waals surface area contributed by atoms with Crippen molar-refractivity contribution in [3.05, 3.63) is 104 Å². The lowest BCUT2D eigenvalue weighted by Gasteiger charge is -2.10. The lowest BCUT2D eigenvalue weighted by Crippen LogP contribution is -2.23. The van der Waals surface area contributed by atoms with E-state index in [4.69, 9.17) is 9.84 Å². The number of halogens is 2. The van der Waals surface area contributed by atoms with Crippen LogP contribution in [-0.2, 0) is 4.74 Å².